The summed E-state index contributed by atoms with van der Waals surface area (Å²) in [6, 6.07) is 64.7. The van der Waals surface area contributed by atoms with Gasteiger partial charge in [0, 0.05) is 68.7 Å². The van der Waals surface area contributed by atoms with E-state index in [9.17, 15) is 0 Å². The smallest absolute Gasteiger partial charge is 0.159 e. The Morgan fingerprint density at radius 2 is 0.962 bits per heavy atom. The Hall–Kier alpha value is -7.24. The molecule has 0 bridgehead atoms. The molecular formula is C48H33N5. The number of para-hydroxylation sites is 2. The second kappa shape index (κ2) is 12.8. The molecule has 5 nitrogen and oxygen atoms in total. The maximum absolute atomic E-state index is 4.48. The van der Waals surface area contributed by atoms with Gasteiger partial charge in [0.1, 0.15) is 0 Å². The fourth-order valence-electron chi connectivity index (χ4n) is 7.53. The molecule has 0 atom stereocenters. The molecule has 53 heavy (non-hydrogen) atoms. The summed E-state index contributed by atoms with van der Waals surface area (Å²) in [4.78, 5) is 11.3. The van der Waals surface area contributed by atoms with Crippen molar-refractivity contribution in [3.63, 3.8) is 0 Å². The number of aromatic nitrogens is 4. The highest BCUT2D eigenvalue weighted by atomic mass is 15.1. The van der Waals surface area contributed by atoms with Crippen LogP contribution in [0.4, 0.5) is 17.1 Å². The number of fused-ring (bicyclic) bond motifs is 4. The van der Waals surface area contributed by atoms with Gasteiger partial charge >= 0.3 is 0 Å². The predicted octanol–water partition coefficient (Wildman–Crippen LogP) is 12.3. The van der Waals surface area contributed by atoms with Crippen LogP contribution >= 0.6 is 0 Å². The van der Waals surface area contributed by atoms with Gasteiger partial charge in [0.25, 0.3) is 0 Å². The monoisotopic (exact) mass is 679 g/mol. The molecule has 0 unspecified atom stereocenters. The van der Waals surface area contributed by atoms with Crippen molar-refractivity contribution < 1.29 is 0 Å². The molecule has 0 N–H and O–H groups in total. The topological polar surface area (TPSA) is 38.9 Å². The molecule has 250 valence electrons. The highest BCUT2D eigenvalue weighted by molar-refractivity contribution is 6.14. The summed E-state index contributed by atoms with van der Waals surface area (Å²) in [7, 11) is 0. The summed E-state index contributed by atoms with van der Waals surface area (Å²) < 4.78 is 4.67. The third kappa shape index (κ3) is 5.43. The van der Waals surface area contributed by atoms with Crippen molar-refractivity contribution in [1.29, 1.82) is 0 Å². The van der Waals surface area contributed by atoms with Gasteiger partial charge in [-0.3, -0.25) is 0 Å². The minimum absolute atomic E-state index is 0.708. The fraction of sp³-hybridized carbons (Fsp3) is 0. The van der Waals surface area contributed by atoms with E-state index in [0.29, 0.717) is 5.82 Å². The Morgan fingerprint density at radius 1 is 0.396 bits per heavy atom. The zero-order chi connectivity index (χ0) is 35.1. The van der Waals surface area contributed by atoms with E-state index in [2.05, 4.69) is 206 Å². The first kappa shape index (κ1) is 30.6. The lowest BCUT2D eigenvalue weighted by Crippen LogP contribution is -2.10. The van der Waals surface area contributed by atoms with Crippen LogP contribution in [0.25, 0.3) is 66.6 Å². The summed E-state index contributed by atoms with van der Waals surface area (Å²) in [5.41, 5.74) is 12.3. The molecule has 0 aliphatic carbocycles. The van der Waals surface area contributed by atoms with Crippen molar-refractivity contribution in [3.05, 3.63) is 201 Å². The zero-order valence-electron chi connectivity index (χ0n) is 28.8. The van der Waals surface area contributed by atoms with Crippen LogP contribution in [-0.2, 0) is 0 Å². The standard InChI is InChI=1S/C48H33N5/c1-4-11-34(12-5-1)35-17-21-40(22-18-35)52(41-23-19-36(20-24-41)48-49-28-10-29-50-48)42-25-26-45-43(32-42)44-33-46-37(27-30-51(46)38-13-6-2-7-14-38)31-47(44)53(45)39-15-8-3-9-16-39/h1-33H. The molecule has 7 aromatic carbocycles. The zero-order valence-corrected chi connectivity index (χ0v) is 28.8. The first-order valence-electron chi connectivity index (χ1n) is 17.8. The number of benzene rings is 7. The summed E-state index contributed by atoms with van der Waals surface area (Å²) in [6.07, 6.45) is 5.73. The third-order valence-corrected chi connectivity index (χ3v) is 10.0. The average Bonchev–Trinajstić information content (AvgIpc) is 3.80. The quantitative estimate of drug-likeness (QED) is 0.168. The van der Waals surface area contributed by atoms with E-state index in [4.69, 9.17) is 0 Å². The van der Waals surface area contributed by atoms with Crippen LogP contribution in [-0.4, -0.2) is 19.1 Å². The highest BCUT2D eigenvalue weighted by Crippen LogP contribution is 2.42. The molecule has 0 saturated carbocycles. The molecule has 3 heterocycles. The Bertz CT molecular complexity index is 2760. The van der Waals surface area contributed by atoms with Crippen LogP contribution in [0.5, 0.6) is 0 Å². The number of hydrogen-bond acceptors (Lipinski definition) is 3. The summed E-state index contributed by atoms with van der Waals surface area (Å²) in [6.45, 7) is 0. The van der Waals surface area contributed by atoms with E-state index >= 15 is 0 Å². The lowest BCUT2D eigenvalue weighted by Gasteiger charge is -2.26. The lowest BCUT2D eigenvalue weighted by atomic mass is 10.0. The van der Waals surface area contributed by atoms with Crippen molar-refractivity contribution in [2.75, 3.05) is 4.90 Å². The second-order valence-electron chi connectivity index (χ2n) is 13.2. The van der Waals surface area contributed by atoms with Crippen molar-refractivity contribution in [1.82, 2.24) is 19.1 Å². The molecule has 0 fully saturated rings. The number of anilines is 3. The van der Waals surface area contributed by atoms with Crippen LogP contribution in [0, 0.1) is 0 Å². The Labute approximate surface area is 307 Å². The van der Waals surface area contributed by atoms with Gasteiger partial charge in [0.15, 0.2) is 5.82 Å². The molecule has 0 saturated heterocycles. The minimum Gasteiger partial charge on any atom is -0.317 e. The van der Waals surface area contributed by atoms with Crippen LogP contribution in [0.1, 0.15) is 0 Å². The molecule has 0 amide bonds. The largest absolute Gasteiger partial charge is 0.317 e. The predicted molar refractivity (Wildman–Crippen MR) is 219 cm³/mol. The van der Waals surface area contributed by atoms with Crippen molar-refractivity contribution in [2.24, 2.45) is 0 Å². The van der Waals surface area contributed by atoms with E-state index < -0.39 is 0 Å². The fourth-order valence-corrected chi connectivity index (χ4v) is 7.53. The molecular weight excluding hydrogens is 647 g/mol. The van der Waals surface area contributed by atoms with E-state index in [1.54, 1.807) is 12.4 Å². The van der Waals surface area contributed by atoms with Crippen molar-refractivity contribution in [3.8, 4) is 33.9 Å². The summed E-state index contributed by atoms with van der Waals surface area (Å²) in [5.74, 6) is 0.708. The SMILES string of the molecule is c1ccc(-c2ccc(N(c3ccc(-c4ncccn4)cc3)c3ccc4c(c3)c3cc5c(ccn5-c5ccccc5)cc3n4-c3ccccc3)cc2)cc1. The molecule has 10 rings (SSSR count). The van der Waals surface area contributed by atoms with E-state index in [1.165, 1.54) is 38.3 Å². The maximum Gasteiger partial charge on any atom is 0.159 e. The average molecular weight is 680 g/mol. The van der Waals surface area contributed by atoms with Crippen LogP contribution < -0.4 is 4.90 Å². The third-order valence-electron chi connectivity index (χ3n) is 10.0. The van der Waals surface area contributed by atoms with Gasteiger partial charge in [-0.1, -0.05) is 78.9 Å². The van der Waals surface area contributed by atoms with Gasteiger partial charge in [0.2, 0.25) is 0 Å². The molecule has 5 heteroatoms. The van der Waals surface area contributed by atoms with Crippen molar-refractivity contribution in [2.45, 2.75) is 0 Å². The Kier molecular flexibility index (Phi) is 7.40. The van der Waals surface area contributed by atoms with Gasteiger partial charge in [-0.05, 0) is 114 Å². The highest BCUT2D eigenvalue weighted by Gasteiger charge is 2.19. The molecule has 3 aromatic heterocycles. The number of nitrogens with zero attached hydrogens (tertiary/aromatic N) is 5. The van der Waals surface area contributed by atoms with Gasteiger partial charge in [-0.15, -0.1) is 0 Å². The van der Waals surface area contributed by atoms with Crippen LogP contribution in [0.15, 0.2) is 201 Å². The van der Waals surface area contributed by atoms with Crippen LogP contribution in [0.3, 0.4) is 0 Å². The Balaban J connectivity index is 1.18. The lowest BCUT2D eigenvalue weighted by molar-refractivity contribution is 1.13. The van der Waals surface area contributed by atoms with E-state index in [0.717, 1.165) is 39.5 Å². The molecule has 0 spiro atoms. The first-order chi connectivity index (χ1) is 26.3. The minimum atomic E-state index is 0.708. The van der Waals surface area contributed by atoms with Gasteiger partial charge in [-0.25, -0.2) is 9.97 Å². The normalized spacial score (nSPS) is 11.4. The van der Waals surface area contributed by atoms with E-state index in [1.807, 2.05) is 6.07 Å². The molecule has 10 aromatic rings. The van der Waals surface area contributed by atoms with Gasteiger partial charge in [-0.2, -0.15) is 0 Å². The first-order valence-corrected chi connectivity index (χ1v) is 17.8. The number of rotatable bonds is 7. The number of hydrogen-bond donors (Lipinski definition) is 0. The second-order valence-corrected chi connectivity index (χ2v) is 13.2. The van der Waals surface area contributed by atoms with E-state index in [-0.39, 0.29) is 0 Å². The maximum atomic E-state index is 4.48. The summed E-state index contributed by atoms with van der Waals surface area (Å²) in [5, 5.41) is 3.58. The van der Waals surface area contributed by atoms with Crippen LogP contribution in [0.2, 0.25) is 0 Å². The van der Waals surface area contributed by atoms with Gasteiger partial charge < -0.3 is 14.0 Å². The molecule has 0 radical (unpaired) electrons. The molecule has 0 aliphatic rings. The molecule has 0 aliphatic heterocycles. The van der Waals surface area contributed by atoms with Gasteiger partial charge in [0.05, 0.1) is 16.6 Å². The van der Waals surface area contributed by atoms with Crippen molar-refractivity contribution >= 4 is 49.8 Å². The summed E-state index contributed by atoms with van der Waals surface area (Å²) >= 11 is 0. The Morgan fingerprint density at radius 3 is 1.64 bits per heavy atom.